The SMILES string of the molecule is CN1CCC(Oc2c(Br)cc(CO)cc2Br)C1=O. The first-order valence-electron chi connectivity index (χ1n) is 5.53. The number of halogens is 2. The molecule has 1 aromatic rings. The molecule has 18 heavy (non-hydrogen) atoms. The van der Waals surface area contributed by atoms with Gasteiger partial charge in [-0.2, -0.15) is 0 Å². The smallest absolute Gasteiger partial charge is 0.263 e. The van der Waals surface area contributed by atoms with Gasteiger partial charge in [-0.15, -0.1) is 0 Å². The van der Waals surface area contributed by atoms with Gasteiger partial charge in [-0.25, -0.2) is 0 Å². The molecule has 2 rings (SSSR count). The summed E-state index contributed by atoms with van der Waals surface area (Å²) in [6, 6.07) is 3.56. The molecule has 1 aliphatic rings. The van der Waals surface area contributed by atoms with Crippen LogP contribution in [0.4, 0.5) is 0 Å². The largest absolute Gasteiger partial charge is 0.478 e. The van der Waals surface area contributed by atoms with Crippen molar-refractivity contribution in [1.29, 1.82) is 0 Å². The molecule has 0 aliphatic carbocycles. The first-order valence-corrected chi connectivity index (χ1v) is 7.12. The van der Waals surface area contributed by atoms with Gasteiger partial charge in [-0.3, -0.25) is 4.79 Å². The summed E-state index contributed by atoms with van der Waals surface area (Å²) < 4.78 is 7.20. The molecule has 1 saturated heterocycles. The maximum Gasteiger partial charge on any atom is 0.263 e. The summed E-state index contributed by atoms with van der Waals surface area (Å²) in [5.41, 5.74) is 0.774. The summed E-state index contributed by atoms with van der Waals surface area (Å²) in [4.78, 5) is 13.4. The van der Waals surface area contributed by atoms with Crippen molar-refractivity contribution in [3.05, 3.63) is 26.6 Å². The second-order valence-electron chi connectivity index (χ2n) is 4.20. The van der Waals surface area contributed by atoms with Crippen molar-refractivity contribution in [1.82, 2.24) is 4.90 Å². The molecule has 98 valence electrons. The third-order valence-electron chi connectivity index (χ3n) is 2.88. The van der Waals surface area contributed by atoms with E-state index in [9.17, 15) is 4.79 Å². The number of nitrogens with zero attached hydrogens (tertiary/aromatic N) is 1. The number of hydrogen-bond donors (Lipinski definition) is 1. The lowest BCUT2D eigenvalue weighted by Crippen LogP contribution is -2.29. The second kappa shape index (κ2) is 5.59. The van der Waals surface area contributed by atoms with Crippen LogP contribution in [0.25, 0.3) is 0 Å². The third kappa shape index (κ3) is 2.70. The minimum absolute atomic E-state index is 0.0000322. The highest BCUT2D eigenvalue weighted by Gasteiger charge is 2.31. The van der Waals surface area contributed by atoms with Crippen LogP contribution in [0.3, 0.4) is 0 Å². The Kier molecular flexibility index (Phi) is 4.29. The Bertz CT molecular complexity index is 455. The fourth-order valence-electron chi connectivity index (χ4n) is 1.86. The van der Waals surface area contributed by atoms with Crippen molar-refractivity contribution < 1.29 is 14.6 Å². The van der Waals surface area contributed by atoms with Crippen molar-refractivity contribution in [3.8, 4) is 5.75 Å². The molecule has 0 spiro atoms. The predicted molar refractivity (Wildman–Crippen MR) is 74.4 cm³/mol. The maximum atomic E-state index is 11.8. The Morgan fingerprint density at radius 3 is 2.50 bits per heavy atom. The number of carbonyl (C=O) groups is 1. The molecular weight excluding hydrogens is 366 g/mol. The minimum Gasteiger partial charge on any atom is -0.478 e. The fraction of sp³-hybridized carbons (Fsp3) is 0.417. The number of aliphatic hydroxyl groups excluding tert-OH is 1. The Morgan fingerprint density at radius 2 is 2.06 bits per heavy atom. The van der Waals surface area contributed by atoms with Gasteiger partial charge < -0.3 is 14.7 Å². The monoisotopic (exact) mass is 377 g/mol. The summed E-state index contributed by atoms with van der Waals surface area (Å²) in [5.74, 6) is 0.598. The van der Waals surface area contributed by atoms with E-state index in [0.29, 0.717) is 18.7 Å². The van der Waals surface area contributed by atoms with E-state index in [1.54, 1.807) is 24.1 Å². The number of likely N-dealkylation sites (N-methyl/N-ethyl adjacent to an activating group) is 1. The van der Waals surface area contributed by atoms with Gasteiger partial charge >= 0.3 is 0 Å². The summed E-state index contributed by atoms with van der Waals surface area (Å²) in [6.07, 6.45) is 0.262. The molecule has 1 atom stereocenters. The molecule has 1 heterocycles. The summed E-state index contributed by atoms with van der Waals surface area (Å²) in [6.45, 7) is 0.677. The zero-order valence-corrected chi connectivity index (χ0v) is 13.0. The van der Waals surface area contributed by atoms with E-state index in [0.717, 1.165) is 14.5 Å². The zero-order chi connectivity index (χ0) is 13.3. The number of benzene rings is 1. The van der Waals surface area contributed by atoms with Crippen molar-refractivity contribution in [2.24, 2.45) is 0 Å². The Balaban J connectivity index is 2.22. The highest BCUT2D eigenvalue weighted by Crippen LogP contribution is 2.36. The first-order chi connectivity index (χ1) is 8.52. The zero-order valence-electron chi connectivity index (χ0n) is 9.82. The van der Waals surface area contributed by atoms with Gasteiger partial charge in [0.15, 0.2) is 6.10 Å². The summed E-state index contributed by atoms with van der Waals surface area (Å²) in [7, 11) is 1.77. The van der Waals surface area contributed by atoms with Crippen LogP contribution in [0.5, 0.6) is 5.75 Å². The Morgan fingerprint density at radius 1 is 1.44 bits per heavy atom. The van der Waals surface area contributed by atoms with Crippen molar-refractivity contribution in [2.45, 2.75) is 19.1 Å². The lowest BCUT2D eigenvalue weighted by atomic mass is 10.2. The Labute approximate surface area is 122 Å². The molecule has 1 unspecified atom stereocenters. The topological polar surface area (TPSA) is 49.8 Å². The van der Waals surface area contributed by atoms with E-state index in [-0.39, 0.29) is 12.5 Å². The highest BCUT2D eigenvalue weighted by molar-refractivity contribution is 9.11. The molecule has 6 heteroatoms. The van der Waals surface area contributed by atoms with Gasteiger partial charge in [-0.05, 0) is 49.6 Å². The van der Waals surface area contributed by atoms with Crippen LogP contribution in [0.1, 0.15) is 12.0 Å². The maximum absolute atomic E-state index is 11.8. The molecule has 1 aromatic carbocycles. The lowest BCUT2D eigenvalue weighted by molar-refractivity contribution is -0.132. The quantitative estimate of drug-likeness (QED) is 0.877. The van der Waals surface area contributed by atoms with Gasteiger partial charge in [0.05, 0.1) is 15.6 Å². The van der Waals surface area contributed by atoms with Crippen LogP contribution >= 0.6 is 31.9 Å². The third-order valence-corrected chi connectivity index (χ3v) is 4.06. The molecular formula is C12H13Br2NO3. The number of amides is 1. The fourth-order valence-corrected chi connectivity index (χ4v) is 3.33. The number of hydrogen-bond acceptors (Lipinski definition) is 3. The van der Waals surface area contributed by atoms with Gasteiger partial charge in [0.2, 0.25) is 0 Å². The molecule has 1 amide bonds. The van der Waals surface area contributed by atoms with Crippen molar-refractivity contribution in [2.75, 3.05) is 13.6 Å². The van der Waals surface area contributed by atoms with Crippen LogP contribution in [-0.2, 0) is 11.4 Å². The molecule has 0 saturated carbocycles. The van der Waals surface area contributed by atoms with Crippen LogP contribution in [0, 0.1) is 0 Å². The highest BCUT2D eigenvalue weighted by atomic mass is 79.9. The van der Waals surface area contributed by atoms with Gasteiger partial charge in [0.1, 0.15) is 5.75 Å². The summed E-state index contributed by atoms with van der Waals surface area (Å²) >= 11 is 6.78. The van der Waals surface area contributed by atoms with Crippen molar-refractivity contribution >= 4 is 37.8 Å². The molecule has 1 fully saturated rings. The molecule has 1 aliphatic heterocycles. The average Bonchev–Trinajstić information content (AvgIpc) is 2.65. The molecule has 0 bridgehead atoms. The first kappa shape index (κ1) is 13.8. The van der Waals surface area contributed by atoms with Gasteiger partial charge in [0, 0.05) is 20.0 Å². The van der Waals surface area contributed by atoms with Crippen LogP contribution in [0.15, 0.2) is 21.1 Å². The van der Waals surface area contributed by atoms with Crippen molar-refractivity contribution in [3.63, 3.8) is 0 Å². The number of rotatable bonds is 3. The standard InChI is InChI=1S/C12H13Br2NO3/c1-15-3-2-10(12(15)17)18-11-8(13)4-7(6-16)5-9(11)14/h4-5,10,16H,2-3,6H2,1H3. The normalized spacial score (nSPS) is 19.4. The van der Waals surface area contributed by atoms with Crippen LogP contribution in [-0.4, -0.2) is 35.6 Å². The van der Waals surface area contributed by atoms with E-state index >= 15 is 0 Å². The number of carbonyl (C=O) groups excluding carboxylic acids is 1. The number of likely N-dealkylation sites (tertiary alicyclic amines) is 1. The van der Waals surface area contributed by atoms with E-state index in [4.69, 9.17) is 9.84 Å². The van der Waals surface area contributed by atoms with E-state index in [1.807, 2.05) is 0 Å². The molecule has 0 radical (unpaired) electrons. The van der Waals surface area contributed by atoms with Gasteiger partial charge in [-0.1, -0.05) is 0 Å². The molecule has 4 nitrogen and oxygen atoms in total. The number of aliphatic hydroxyl groups is 1. The predicted octanol–water partition coefficient (Wildman–Crippen LogP) is 2.31. The average molecular weight is 379 g/mol. The molecule has 1 N–H and O–H groups in total. The minimum atomic E-state index is -0.428. The number of ether oxygens (including phenoxy) is 1. The van der Waals surface area contributed by atoms with Gasteiger partial charge in [0.25, 0.3) is 5.91 Å². The van der Waals surface area contributed by atoms with Crippen LogP contribution < -0.4 is 4.74 Å². The lowest BCUT2D eigenvalue weighted by Gasteiger charge is -2.16. The summed E-state index contributed by atoms with van der Waals surface area (Å²) in [5, 5.41) is 9.10. The van der Waals surface area contributed by atoms with Crippen LogP contribution in [0.2, 0.25) is 0 Å². The van der Waals surface area contributed by atoms with E-state index in [1.165, 1.54) is 0 Å². The second-order valence-corrected chi connectivity index (χ2v) is 5.91. The van der Waals surface area contributed by atoms with E-state index in [2.05, 4.69) is 31.9 Å². The molecule has 0 aromatic heterocycles. The Hall–Kier alpha value is -0.590. The van der Waals surface area contributed by atoms with E-state index < -0.39 is 6.10 Å².